The van der Waals surface area contributed by atoms with Crippen LogP contribution >= 0.6 is 0 Å². The lowest BCUT2D eigenvalue weighted by Gasteiger charge is -2.50. The molecule has 1 aromatic heterocycles. The molecule has 5 nitrogen and oxygen atoms in total. The third-order valence-corrected chi connectivity index (χ3v) is 6.43. The second-order valence-corrected chi connectivity index (χ2v) is 7.77. The summed E-state index contributed by atoms with van der Waals surface area (Å²) in [5, 5.41) is 0. The minimum Gasteiger partial charge on any atom is -0.335 e. The summed E-state index contributed by atoms with van der Waals surface area (Å²) in [6.45, 7) is 4.37. The van der Waals surface area contributed by atoms with Crippen molar-refractivity contribution < 1.29 is 4.74 Å². The van der Waals surface area contributed by atoms with E-state index in [2.05, 4.69) is 22.1 Å². The molecule has 5 heteroatoms. The largest absolute Gasteiger partial charge is 0.335 e. The maximum Gasteiger partial charge on any atom is 0.186 e. The molecule has 1 aromatic rings. The molecule has 2 atom stereocenters. The molecule has 0 amide bonds. The second kappa shape index (κ2) is 5.16. The Kier molecular flexibility index (Phi) is 3.19. The number of pyridine rings is 1. The highest BCUT2D eigenvalue weighted by Crippen LogP contribution is 2.43. The van der Waals surface area contributed by atoms with Gasteiger partial charge in [-0.3, -0.25) is 5.73 Å². The number of fused-ring (bicyclic) bond motifs is 3. The predicted octanol–water partition coefficient (Wildman–Crippen LogP) is 1.50. The van der Waals surface area contributed by atoms with Crippen molar-refractivity contribution in [2.45, 2.75) is 50.5 Å². The van der Waals surface area contributed by atoms with E-state index in [0.29, 0.717) is 5.92 Å². The van der Waals surface area contributed by atoms with E-state index in [-0.39, 0.29) is 12.0 Å². The van der Waals surface area contributed by atoms with Crippen molar-refractivity contribution in [2.75, 3.05) is 31.1 Å². The van der Waals surface area contributed by atoms with Crippen molar-refractivity contribution in [2.24, 2.45) is 11.7 Å². The summed E-state index contributed by atoms with van der Waals surface area (Å²) in [5.41, 5.74) is 9.18. The summed E-state index contributed by atoms with van der Waals surface area (Å²) in [6.07, 6.45) is 9.14. The number of nitrogens with zero attached hydrogens (tertiary/aromatic N) is 3. The van der Waals surface area contributed by atoms with E-state index >= 15 is 0 Å². The summed E-state index contributed by atoms with van der Waals surface area (Å²) in [7, 11) is 0. The molecule has 4 saturated heterocycles. The van der Waals surface area contributed by atoms with Gasteiger partial charge in [0.2, 0.25) is 0 Å². The first-order valence-corrected chi connectivity index (χ1v) is 9.14. The monoisotopic (exact) mass is 314 g/mol. The molecule has 1 spiro atoms. The molecule has 124 valence electrons. The van der Waals surface area contributed by atoms with Crippen LogP contribution in [0.4, 0.5) is 5.82 Å². The number of piperidine rings is 3. The summed E-state index contributed by atoms with van der Waals surface area (Å²) in [4.78, 5) is 9.45. The molecule has 2 bridgehead atoms. The zero-order valence-corrected chi connectivity index (χ0v) is 13.7. The first kappa shape index (κ1) is 14.2. The van der Waals surface area contributed by atoms with Crippen molar-refractivity contribution in [3.8, 4) is 0 Å². The number of aromatic nitrogens is 1. The zero-order chi connectivity index (χ0) is 15.4. The van der Waals surface area contributed by atoms with Gasteiger partial charge < -0.3 is 14.5 Å². The Morgan fingerprint density at radius 2 is 1.91 bits per heavy atom. The molecule has 0 radical (unpaired) electrons. The molecular formula is C18H26N4O. The molecule has 0 aromatic carbocycles. The SMILES string of the molecule is NC1OC2(CN3CCC2CC3)CN1c1cc2c(cn1)CCCC2. The fourth-order valence-electron chi connectivity index (χ4n) is 5.13. The van der Waals surface area contributed by atoms with Gasteiger partial charge >= 0.3 is 0 Å². The van der Waals surface area contributed by atoms with E-state index in [0.717, 1.165) is 18.9 Å². The van der Waals surface area contributed by atoms with Gasteiger partial charge in [0.25, 0.3) is 0 Å². The Morgan fingerprint density at radius 1 is 1.13 bits per heavy atom. The molecule has 2 N–H and O–H groups in total. The van der Waals surface area contributed by atoms with E-state index < -0.39 is 0 Å². The quantitative estimate of drug-likeness (QED) is 0.851. The molecule has 2 unspecified atom stereocenters. The van der Waals surface area contributed by atoms with Crippen molar-refractivity contribution in [3.05, 3.63) is 23.4 Å². The molecule has 1 aliphatic carbocycles. The van der Waals surface area contributed by atoms with E-state index in [4.69, 9.17) is 15.5 Å². The van der Waals surface area contributed by atoms with Crippen LogP contribution in [-0.4, -0.2) is 48.0 Å². The van der Waals surface area contributed by atoms with Gasteiger partial charge in [-0.1, -0.05) is 0 Å². The fraction of sp³-hybridized carbons (Fsp3) is 0.722. The fourth-order valence-corrected chi connectivity index (χ4v) is 5.13. The van der Waals surface area contributed by atoms with Gasteiger partial charge in [0, 0.05) is 12.7 Å². The molecule has 6 rings (SSSR count). The van der Waals surface area contributed by atoms with Crippen molar-refractivity contribution in [1.29, 1.82) is 0 Å². The van der Waals surface area contributed by atoms with Gasteiger partial charge in [-0.05, 0) is 74.7 Å². The van der Waals surface area contributed by atoms with Crippen LogP contribution in [0.5, 0.6) is 0 Å². The van der Waals surface area contributed by atoms with Crippen LogP contribution in [0.1, 0.15) is 36.8 Å². The maximum atomic E-state index is 6.37. The number of nitrogens with two attached hydrogens (primary N) is 1. The molecule has 5 aliphatic rings. The lowest BCUT2D eigenvalue weighted by molar-refractivity contribution is -0.137. The average molecular weight is 314 g/mol. The highest BCUT2D eigenvalue weighted by molar-refractivity contribution is 5.46. The number of ether oxygens (including phenoxy) is 1. The zero-order valence-electron chi connectivity index (χ0n) is 13.7. The van der Waals surface area contributed by atoms with E-state index in [9.17, 15) is 0 Å². The van der Waals surface area contributed by atoms with Gasteiger partial charge in [-0.2, -0.15) is 0 Å². The number of rotatable bonds is 1. The maximum absolute atomic E-state index is 6.37. The summed E-state index contributed by atoms with van der Waals surface area (Å²) in [5.74, 6) is 1.66. The first-order valence-electron chi connectivity index (χ1n) is 9.14. The van der Waals surface area contributed by atoms with Crippen LogP contribution in [0.3, 0.4) is 0 Å². The van der Waals surface area contributed by atoms with E-state index in [1.54, 1.807) is 0 Å². The predicted molar refractivity (Wildman–Crippen MR) is 89.2 cm³/mol. The minimum absolute atomic E-state index is 0.0759. The molecule has 5 heterocycles. The van der Waals surface area contributed by atoms with Crippen molar-refractivity contribution in [1.82, 2.24) is 9.88 Å². The Balaban J connectivity index is 1.43. The van der Waals surface area contributed by atoms with Crippen molar-refractivity contribution in [3.63, 3.8) is 0 Å². The molecular weight excluding hydrogens is 288 g/mol. The normalized spacial score (nSPS) is 39.0. The van der Waals surface area contributed by atoms with Crippen LogP contribution in [0.25, 0.3) is 0 Å². The standard InChI is InChI=1S/C18H26N4O/c19-17-22(16-9-13-3-1-2-4-14(13)10-20-16)12-18(23-17)11-21-7-5-15(18)6-8-21/h9-10,15,17H,1-8,11-12,19H2. The summed E-state index contributed by atoms with van der Waals surface area (Å²) >= 11 is 0. The van der Waals surface area contributed by atoms with Crippen LogP contribution in [0.15, 0.2) is 12.3 Å². The third kappa shape index (κ3) is 2.21. The summed E-state index contributed by atoms with van der Waals surface area (Å²) in [6, 6.07) is 2.26. The molecule has 4 fully saturated rings. The Bertz CT molecular complexity index is 613. The van der Waals surface area contributed by atoms with Gasteiger partial charge in [-0.25, -0.2) is 4.98 Å². The van der Waals surface area contributed by atoms with Crippen LogP contribution in [-0.2, 0) is 17.6 Å². The lowest BCUT2D eigenvalue weighted by atomic mass is 9.75. The Morgan fingerprint density at radius 3 is 2.65 bits per heavy atom. The summed E-state index contributed by atoms with van der Waals surface area (Å²) < 4.78 is 6.36. The van der Waals surface area contributed by atoms with Gasteiger partial charge in [0.1, 0.15) is 11.4 Å². The Hall–Kier alpha value is -1.17. The van der Waals surface area contributed by atoms with Gasteiger partial charge in [0.05, 0.1) is 6.54 Å². The number of hydrogen-bond acceptors (Lipinski definition) is 5. The van der Waals surface area contributed by atoms with Gasteiger partial charge in [0.15, 0.2) is 6.35 Å². The Labute approximate surface area is 137 Å². The second-order valence-electron chi connectivity index (χ2n) is 7.77. The highest BCUT2D eigenvalue weighted by atomic mass is 16.6. The average Bonchev–Trinajstić information content (AvgIpc) is 2.91. The third-order valence-electron chi connectivity index (χ3n) is 6.43. The smallest absolute Gasteiger partial charge is 0.186 e. The molecule has 23 heavy (non-hydrogen) atoms. The van der Waals surface area contributed by atoms with Crippen LogP contribution < -0.4 is 10.6 Å². The minimum atomic E-state index is -0.357. The number of hydrogen-bond donors (Lipinski definition) is 1. The highest BCUT2D eigenvalue weighted by Gasteiger charge is 2.54. The lowest BCUT2D eigenvalue weighted by Crippen LogP contribution is -2.61. The first-order chi connectivity index (χ1) is 11.2. The number of anilines is 1. The molecule has 4 aliphatic heterocycles. The van der Waals surface area contributed by atoms with Crippen molar-refractivity contribution >= 4 is 5.82 Å². The number of aryl methyl sites for hydroxylation is 2. The van der Waals surface area contributed by atoms with Gasteiger partial charge in [-0.15, -0.1) is 0 Å². The van der Waals surface area contributed by atoms with Crippen LogP contribution in [0, 0.1) is 5.92 Å². The topological polar surface area (TPSA) is 54.6 Å². The molecule has 0 saturated carbocycles. The van der Waals surface area contributed by atoms with Crippen LogP contribution in [0.2, 0.25) is 0 Å². The van der Waals surface area contributed by atoms with E-state index in [1.807, 2.05) is 0 Å². The van der Waals surface area contributed by atoms with E-state index in [1.165, 1.54) is 62.7 Å².